The van der Waals surface area contributed by atoms with Crippen LogP contribution in [0.5, 0.6) is 0 Å². The first-order valence-electron chi connectivity index (χ1n) is 5.18. The molecule has 1 saturated carbocycles. The van der Waals surface area contributed by atoms with Crippen LogP contribution in [0, 0.1) is 12.8 Å². The highest BCUT2D eigenvalue weighted by atomic mass is 14.4. The Morgan fingerprint density at radius 3 is 2.08 bits per heavy atom. The minimum absolute atomic E-state index is 0.397. The van der Waals surface area contributed by atoms with Crippen LogP contribution in [-0.4, -0.2) is 0 Å². The summed E-state index contributed by atoms with van der Waals surface area (Å²) in [7, 11) is 0. The van der Waals surface area contributed by atoms with Gasteiger partial charge in [-0.1, -0.05) is 43.7 Å². The molecule has 0 amide bonds. The van der Waals surface area contributed by atoms with Crippen LogP contribution in [-0.2, 0) is 5.41 Å². The van der Waals surface area contributed by atoms with Crippen molar-refractivity contribution in [3.63, 3.8) is 0 Å². The summed E-state index contributed by atoms with van der Waals surface area (Å²) in [5.41, 5.74) is 3.25. The van der Waals surface area contributed by atoms with E-state index in [1.54, 1.807) is 0 Å². The number of aryl methyl sites for hydroxylation is 1. The summed E-state index contributed by atoms with van der Waals surface area (Å²) in [6, 6.07) is 9.01. The first kappa shape index (κ1) is 8.80. The standard InChI is InChI=1S/C13H18/c1-10-4-6-11(7-5-10)13(2,3)12-8-9-12/h4-7,12H,8-9H2,1-3H3. The normalized spacial score (nSPS) is 17.5. The van der Waals surface area contributed by atoms with Gasteiger partial charge in [0.2, 0.25) is 0 Å². The summed E-state index contributed by atoms with van der Waals surface area (Å²) in [4.78, 5) is 0. The lowest BCUT2D eigenvalue weighted by molar-refractivity contribution is 0.454. The van der Waals surface area contributed by atoms with Crippen molar-refractivity contribution in [2.75, 3.05) is 0 Å². The van der Waals surface area contributed by atoms with Crippen molar-refractivity contribution in [1.82, 2.24) is 0 Å². The first-order chi connectivity index (χ1) is 6.10. The summed E-state index contributed by atoms with van der Waals surface area (Å²) in [5, 5.41) is 0. The Morgan fingerprint density at radius 1 is 1.08 bits per heavy atom. The van der Waals surface area contributed by atoms with Crippen LogP contribution in [0.2, 0.25) is 0 Å². The van der Waals surface area contributed by atoms with Crippen molar-refractivity contribution in [2.24, 2.45) is 5.92 Å². The topological polar surface area (TPSA) is 0 Å². The molecule has 0 spiro atoms. The van der Waals surface area contributed by atoms with Gasteiger partial charge < -0.3 is 0 Å². The van der Waals surface area contributed by atoms with Gasteiger partial charge >= 0.3 is 0 Å². The fourth-order valence-electron chi connectivity index (χ4n) is 2.02. The van der Waals surface area contributed by atoms with Crippen LogP contribution in [0.4, 0.5) is 0 Å². The molecule has 0 N–H and O–H groups in total. The number of benzene rings is 1. The van der Waals surface area contributed by atoms with Gasteiger partial charge in [0, 0.05) is 0 Å². The molecule has 0 saturated heterocycles. The highest BCUT2D eigenvalue weighted by Crippen LogP contribution is 2.46. The fourth-order valence-corrected chi connectivity index (χ4v) is 2.02. The molecular weight excluding hydrogens is 156 g/mol. The molecule has 13 heavy (non-hydrogen) atoms. The van der Waals surface area contributed by atoms with Crippen LogP contribution in [0.1, 0.15) is 37.8 Å². The van der Waals surface area contributed by atoms with E-state index in [0.29, 0.717) is 5.41 Å². The molecule has 70 valence electrons. The van der Waals surface area contributed by atoms with Crippen molar-refractivity contribution in [3.05, 3.63) is 35.4 Å². The lowest BCUT2D eigenvalue weighted by atomic mass is 9.80. The monoisotopic (exact) mass is 174 g/mol. The zero-order chi connectivity index (χ0) is 9.47. The third kappa shape index (κ3) is 1.63. The second-order valence-corrected chi connectivity index (χ2v) is 4.86. The Bertz CT molecular complexity index is 288. The predicted octanol–water partition coefficient (Wildman–Crippen LogP) is 3.68. The number of hydrogen-bond donors (Lipinski definition) is 0. The maximum atomic E-state index is 2.37. The van der Waals surface area contributed by atoms with Gasteiger partial charge in [0.05, 0.1) is 0 Å². The molecular formula is C13H18. The van der Waals surface area contributed by atoms with E-state index < -0.39 is 0 Å². The molecule has 0 heteroatoms. The second kappa shape index (κ2) is 2.87. The first-order valence-corrected chi connectivity index (χ1v) is 5.18. The molecule has 0 radical (unpaired) electrons. The Balaban J connectivity index is 2.28. The van der Waals surface area contributed by atoms with Gasteiger partial charge in [-0.15, -0.1) is 0 Å². The van der Waals surface area contributed by atoms with E-state index in [2.05, 4.69) is 45.0 Å². The fraction of sp³-hybridized carbons (Fsp3) is 0.538. The van der Waals surface area contributed by atoms with Crippen LogP contribution in [0.15, 0.2) is 24.3 Å². The van der Waals surface area contributed by atoms with Crippen molar-refractivity contribution >= 4 is 0 Å². The van der Waals surface area contributed by atoms with Gasteiger partial charge in [-0.25, -0.2) is 0 Å². The molecule has 0 atom stereocenters. The van der Waals surface area contributed by atoms with Gasteiger partial charge in [0.1, 0.15) is 0 Å². The Kier molecular flexibility index (Phi) is 1.94. The molecule has 0 aliphatic heterocycles. The van der Waals surface area contributed by atoms with Crippen molar-refractivity contribution < 1.29 is 0 Å². The van der Waals surface area contributed by atoms with Crippen LogP contribution >= 0.6 is 0 Å². The molecule has 0 heterocycles. The molecule has 1 aliphatic rings. The molecule has 1 fully saturated rings. The largest absolute Gasteiger partial charge is 0.0590 e. The maximum Gasteiger partial charge on any atom is -0.00753 e. The predicted molar refractivity (Wildman–Crippen MR) is 56.9 cm³/mol. The molecule has 1 aliphatic carbocycles. The summed E-state index contributed by atoms with van der Waals surface area (Å²) in [6.07, 6.45) is 2.84. The van der Waals surface area contributed by atoms with E-state index >= 15 is 0 Å². The molecule has 1 aromatic rings. The Labute approximate surface area is 81.0 Å². The second-order valence-electron chi connectivity index (χ2n) is 4.86. The summed E-state index contributed by atoms with van der Waals surface area (Å²) >= 11 is 0. The highest BCUT2D eigenvalue weighted by molar-refractivity contribution is 5.29. The van der Waals surface area contributed by atoms with Crippen LogP contribution in [0.3, 0.4) is 0 Å². The average Bonchev–Trinajstić information content (AvgIpc) is 2.87. The number of hydrogen-bond acceptors (Lipinski definition) is 0. The third-order valence-corrected chi connectivity index (χ3v) is 3.39. The van der Waals surface area contributed by atoms with Gasteiger partial charge in [-0.2, -0.15) is 0 Å². The van der Waals surface area contributed by atoms with Gasteiger partial charge in [-0.05, 0) is 36.7 Å². The van der Waals surface area contributed by atoms with E-state index in [1.807, 2.05) is 0 Å². The molecule has 0 unspecified atom stereocenters. The quantitative estimate of drug-likeness (QED) is 0.641. The van der Waals surface area contributed by atoms with Crippen LogP contribution in [0.25, 0.3) is 0 Å². The van der Waals surface area contributed by atoms with Crippen molar-refractivity contribution in [1.29, 1.82) is 0 Å². The van der Waals surface area contributed by atoms with E-state index in [9.17, 15) is 0 Å². The zero-order valence-electron chi connectivity index (χ0n) is 8.80. The van der Waals surface area contributed by atoms with Gasteiger partial charge in [0.25, 0.3) is 0 Å². The van der Waals surface area contributed by atoms with Crippen LogP contribution < -0.4 is 0 Å². The Hall–Kier alpha value is -0.780. The lowest BCUT2D eigenvalue weighted by Crippen LogP contribution is -2.19. The van der Waals surface area contributed by atoms with E-state index in [1.165, 1.54) is 24.0 Å². The zero-order valence-corrected chi connectivity index (χ0v) is 8.80. The molecule has 1 aromatic carbocycles. The van der Waals surface area contributed by atoms with E-state index in [0.717, 1.165) is 5.92 Å². The summed E-state index contributed by atoms with van der Waals surface area (Å²) in [5.74, 6) is 0.926. The minimum atomic E-state index is 0.397. The smallest absolute Gasteiger partial charge is 0.00753 e. The van der Waals surface area contributed by atoms with Gasteiger partial charge in [-0.3, -0.25) is 0 Å². The molecule has 0 nitrogen and oxygen atoms in total. The minimum Gasteiger partial charge on any atom is -0.0590 e. The van der Waals surface area contributed by atoms with Gasteiger partial charge in [0.15, 0.2) is 0 Å². The average molecular weight is 174 g/mol. The highest BCUT2D eigenvalue weighted by Gasteiger charge is 2.38. The number of rotatable bonds is 2. The lowest BCUT2D eigenvalue weighted by Gasteiger charge is -2.25. The maximum absolute atomic E-state index is 2.37. The molecule has 0 bridgehead atoms. The van der Waals surface area contributed by atoms with E-state index in [-0.39, 0.29) is 0 Å². The van der Waals surface area contributed by atoms with E-state index in [4.69, 9.17) is 0 Å². The van der Waals surface area contributed by atoms with Crippen molar-refractivity contribution in [3.8, 4) is 0 Å². The SMILES string of the molecule is Cc1ccc(C(C)(C)C2CC2)cc1. The Morgan fingerprint density at radius 2 is 1.62 bits per heavy atom. The summed E-state index contributed by atoms with van der Waals surface area (Å²) in [6.45, 7) is 6.89. The third-order valence-electron chi connectivity index (χ3n) is 3.39. The molecule has 0 aromatic heterocycles. The van der Waals surface area contributed by atoms with Crippen molar-refractivity contribution in [2.45, 2.75) is 39.0 Å². The molecule has 2 rings (SSSR count). The summed E-state index contributed by atoms with van der Waals surface area (Å²) < 4.78 is 0.